The fraction of sp³-hybridized carbons (Fsp3) is 0.667. The Labute approximate surface area is 111 Å². The summed E-state index contributed by atoms with van der Waals surface area (Å²) in [5.41, 5.74) is 0. The lowest BCUT2D eigenvalue weighted by molar-refractivity contribution is -0.140. The van der Waals surface area contributed by atoms with Crippen LogP contribution in [0.2, 0.25) is 0 Å². The summed E-state index contributed by atoms with van der Waals surface area (Å²) >= 11 is 0. The van der Waals surface area contributed by atoms with Crippen molar-refractivity contribution < 1.29 is 14.7 Å². The lowest BCUT2D eigenvalue weighted by Gasteiger charge is -2.19. The number of hydrogen-bond acceptors (Lipinski definition) is 4. The first-order valence-corrected chi connectivity index (χ1v) is 6.32. The molecule has 0 aliphatic rings. The number of aliphatic carboxylic acids is 1. The average molecular weight is 268 g/mol. The predicted molar refractivity (Wildman–Crippen MR) is 68.8 cm³/mol. The maximum absolute atomic E-state index is 11.9. The third kappa shape index (κ3) is 3.77. The van der Waals surface area contributed by atoms with E-state index in [1.54, 1.807) is 6.92 Å². The molecule has 0 spiro atoms. The molecule has 0 aliphatic carbocycles. The van der Waals surface area contributed by atoms with Crippen LogP contribution >= 0.6 is 0 Å². The molecule has 1 unspecified atom stereocenters. The Kier molecular flexibility index (Phi) is 5.02. The summed E-state index contributed by atoms with van der Waals surface area (Å²) in [5.74, 6) is -1.10. The lowest BCUT2D eigenvalue weighted by atomic mass is 9.99. The van der Waals surface area contributed by atoms with E-state index in [1.807, 2.05) is 20.8 Å². The van der Waals surface area contributed by atoms with Gasteiger partial charge in [-0.3, -0.25) is 9.89 Å². The van der Waals surface area contributed by atoms with Gasteiger partial charge in [0, 0.05) is 5.92 Å². The second kappa shape index (κ2) is 6.31. The molecule has 7 heteroatoms. The summed E-state index contributed by atoms with van der Waals surface area (Å²) in [7, 11) is 0. The molecule has 0 fully saturated rings. The van der Waals surface area contributed by atoms with Gasteiger partial charge >= 0.3 is 5.97 Å². The van der Waals surface area contributed by atoms with Crippen molar-refractivity contribution in [1.29, 1.82) is 0 Å². The van der Waals surface area contributed by atoms with Crippen molar-refractivity contribution in [1.82, 2.24) is 20.5 Å². The molecule has 0 saturated heterocycles. The Balaban J connectivity index is 2.79. The van der Waals surface area contributed by atoms with Gasteiger partial charge in [-0.2, -0.15) is 0 Å². The number of amides is 1. The summed E-state index contributed by atoms with van der Waals surface area (Å²) in [5, 5.41) is 18.0. The van der Waals surface area contributed by atoms with Crippen molar-refractivity contribution in [2.24, 2.45) is 5.92 Å². The van der Waals surface area contributed by atoms with Gasteiger partial charge in [0.25, 0.3) is 5.91 Å². The number of carbonyl (C=O) groups excluding carboxylic acids is 1. The average Bonchev–Trinajstić information content (AvgIpc) is 2.84. The van der Waals surface area contributed by atoms with E-state index in [0.717, 1.165) is 0 Å². The molecule has 106 valence electrons. The molecular weight excluding hydrogens is 248 g/mol. The van der Waals surface area contributed by atoms with Crippen LogP contribution in [-0.2, 0) is 4.79 Å². The van der Waals surface area contributed by atoms with Crippen molar-refractivity contribution in [3.63, 3.8) is 0 Å². The number of H-pyrrole nitrogens is 1. The van der Waals surface area contributed by atoms with Gasteiger partial charge < -0.3 is 10.4 Å². The molecule has 3 N–H and O–H groups in total. The number of carbonyl (C=O) groups is 2. The SMILES string of the molecule is CCC(C)[C@H](NC(=O)c1n[nH]c(C(C)C)n1)C(=O)O. The van der Waals surface area contributed by atoms with Crippen LogP contribution in [0.15, 0.2) is 0 Å². The van der Waals surface area contributed by atoms with E-state index in [2.05, 4.69) is 20.5 Å². The molecule has 7 nitrogen and oxygen atoms in total. The molecule has 19 heavy (non-hydrogen) atoms. The van der Waals surface area contributed by atoms with Crippen molar-refractivity contribution in [2.75, 3.05) is 0 Å². The molecule has 2 atom stereocenters. The summed E-state index contributed by atoms with van der Waals surface area (Å²) in [6.07, 6.45) is 0.655. The number of nitrogens with one attached hydrogen (secondary N) is 2. The standard InChI is InChI=1S/C12H20N4O3/c1-5-7(4)8(12(18)19)13-11(17)10-14-9(6(2)3)15-16-10/h6-8H,5H2,1-4H3,(H,13,17)(H,18,19)(H,14,15,16)/t7?,8-/m0/s1. The highest BCUT2D eigenvalue weighted by atomic mass is 16.4. The number of aromatic amines is 1. The van der Waals surface area contributed by atoms with Crippen LogP contribution < -0.4 is 5.32 Å². The molecule has 1 aromatic rings. The highest BCUT2D eigenvalue weighted by Gasteiger charge is 2.27. The number of carboxylic acids is 1. The van der Waals surface area contributed by atoms with Gasteiger partial charge in [-0.1, -0.05) is 34.1 Å². The van der Waals surface area contributed by atoms with Crippen molar-refractivity contribution in [3.05, 3.63) is 11.6 Å². The number of aromatic nitrogens is 3. The highest BCUT2D eigenvalue weighted by Crippen LogP contribution is 2.10. The first kappa shape index (κ1) is 15.1. The molecule has 1 amide bonds. The topological polar surface area (TPSA) is 108 Å². The molecule has 0 aromatic carbocycles. The van der Waals surface area contributed by atoms with E-state index in [4.69, 9.17) is 5.11 Å². The fourth-order valence-electron chi connectivity index (χ4n) is 1.52. The van der Waals surface area contributed by atoms with Gasteiger partial charge in [-0.15, -0.1) is 5.10 Å². The molecule has 1 aromatic heterocycles. The van der Waals surface area contributed by atoms with Crippen molar-refractivity contribution >= 4 is 11.9 Å². The van der Waals surface area contributed by atoms with Gasteiger partial charge in [-0.25, -0.2) is 9.78 Å². The third-order valence-corrected chi connectivity index (χ3v) is 3.02. The highest BCUT2D eigenvalue weighted by molar-refractivity contribution is 5.93. The largest absolute Gasteiger partial charge is 0.480 e. The van der Waals surface area contributed by atoms with E-state index < -0.39 is 17.9 Å². The Morgan fingerprint density at radius 2 is 2.00 bits per heavy atom. The summed E-state index contributed by atoms with van der Waals surface area (Å²) < 4.78 is 0. The van der Waals surface area contributed by atoms with Crippen LogP contribution in [0.3, 0.4) is 0 Å². The molecular formula is C12H20N4O3. The van der Waals surface area contributed by atoms with E-state index >= 15 is 0 Å². The first-order valence-electron chi connectivity index (χ1n) is 6.32. The normalized spacial score (nSPS) is 14.2. The smallest absolute Gasteiger partial charge is 0.326 e. The Morgan fingerprint density at radius 3 is 2.42 bits per heavy atom. The second-order valence-electron chi connectivity index (χ2n) is 4.87. The van der Waals surface area contributed by atoms with Crippen LogP contribution in [0.4, 0.5) is 0 Å². The zero-order chi connectivity index (χ0) is 14.6. The van der Waals surface area contributed by atoms with Crippen molar-refractivity contribution in [3.8, 4) is 0 Å². The summed E-state index contributed by atoms with van der Waals surface area (Å²) in [4.78, 5) is 27.0. The number of hydrogen-bond donors (Lipinski definition) is 3. The van der Waals surface area contributed by atoms with Gasteiger partial charge in [-0.05, 0) is 5.92 Å². The van der Waals surface area contributed by atoms with Crippen LogP contribution in [0.5, 0.6) is 0 Å². The summed E-state index contributed by atoms with van der Waals surface area (Å²) in [6, 6.07) is -0.932. The van der Waals surface area contributed by atoms with Gasteiger partial charge in [0.1, 0.15) is 11.9 Å². The van der Waals surface area contributed by atoms with Gasteiger partial charge in [0.2, 0.25) is 5.82 Å². The third-order valence-electron chi connectivity index (χ3n) is 3.02. The molecule has 1 heterocycles. The number of carboxylic acid groups (broad SMARTS) is 1. The quantitative estimate of drug-likeness (QED) is 0.717. The zero-order valence-electron chi connectivity index (χ0n) is 11.6. The lowest BCUT2D eigenvalue weighted by Crippen LogP contribution is -2.45. The second-order valence-corrected chi connectivity index (χ2v) is 4.87. The Morgan fingerprint density at radius 1 is 1.37 bits per heavy atom. The summed E-state index contributed by atoms with van der Waals surface area (Å²) in [6.45, 7) is 7.48. The zero-order valence-corrected chi connectivity index (χ0v) is 11.6. The van der Waals surface area contributed by atoms with E-state index in [0.29, 0.717) is 12.2 Å². The number of rotatable bonds is 6. The van der Waals surface area contributed by atoms with Gasteiger partial charge in [0.15, 0.2) is 0 Å². The van der Waals surface area contributed by atoms with Crippen LogP contribution in [0.1, 0.15) is 56.5 Å². The van der Waals surface area contributed by atoms with Crippen LogP contribution in [-0.4, -0.2) is 38.2 Å². The van der Waals surface area contributed by atoms with E-state index in [-0.39, 0.29) is 17.7 Å². The molecule has 0 saturated carbocycles. The van der Waals surface area contributed by atoms with Crippen LogP contribution in [0, 0.1) is 5.92 Å². The minimum Gasteiger partial charge on any atom is -0.480 e. The van der Waals surface area contributed by atoms with Crippen LogP contribution in [0.25, 0.3) is 0 Å². The van der Waals surface area contributed by atoms with Crippen molar-refractivity contribution in [2.45, 2.75) is 46.1 Å². The van der Waals surface area contributed by atoms with Gasteiger partial charge in [0.05, 0.1) is 0 Å². The first-order chi connectivity index (χ1) is 8.86. The Hall–Kier alpha value is -1.92. The Bertz CT molecular complexity index is 456. The maximum Gasteiger partial charge on any atom is 0.326 e. The monoisotopic (exact) mass is 268 g/mol. The fourth-order valence-corrected chi connectivity index (χ4v) is 1.52. The minimum absolute atomic E-state index is 0.0294. The molecule has 0 aliphatic heterocycles. The maximum atomic E-state index is 11.9. The van der Waals surface area contributed by atoms with E-state index in [9.17, 15) is 9.59 Å². The number of nitrogens with zero attached hydrogens (tertiary/aromatic N) is 2. The molecule has 0 radical (unpaired) electrons. The molecule has 1 rings (SSSR count). The van der Waals surface area contributed by atoms with E-state index in [1.165, 1.54) is 0 Å². The molecule has 0 bridgehead atoms. The minimum atomic E-state index is -1.05. The predicted octanol–water partition coefficient (Wildman–Crippen LogP) is 1.16.